The summed E-state index contributed by atoms with van der Waals surface area (Å²) >= 11 is 0. The van der Waals surface area contributed by atoms with Crippen LogP contribution in [0.2, 0.25) is 0 Å². The summed E-state index contributed by atoms with van der Waals surface area (Å²) in [7, 11) is -4.02. The molecule has 2 N–H and O–H groups in total. The lowest BCUT2D eigenvalue weighted by Gasteiger charge is -2.24. The van der Waals surface area contributed by atoms with Crippen molar-refractivity contribution < 1.29 is 37.3 Å². The van der Waals surface area contributed by atoms with Crippen LogP contribution in [0.15, 0.2) is 71.6 Å². The Balaban J connectivity index is 1.50. The number of carboxylic acids is 1. The number of nitrogens with zero attached hydrogens (tertiary/aromatic N) is 3. The largest absolute Gasteiger partial charge is 0.508 e. The lowest BCUT2D eigenvalue weighted by atomic mass is 10.1. The average molecular weight is 584 g/mol. The van der Waals surface area contributed by atoms with Gasteiger partial charge in [-0.3, -0.25) is 9.48 Å². The molecule has 10 nitrogen and oxygen atoms in total. The minimum Gasteiger partial charge on any atom is -0.508 e. The van der Waals surface area contributed by atoms with E-state index in [9.17, 15) is 27.8 Å². The van der Waals surface area contributed by atoms with Gasteiger partial charge in [0.15, 0.2) is 0 Å². The minimum absolute atomic E-state index is 0.000446. The summed E-state index contributed by atoms with van der Waals surface area (Å²) in [6.45, 7) is 3.72. The van der Waals surface area contributed by atoms with Gasteiger partial charge in [-0.15, -0.1) is 0 Å². The highest BCUT2D eigenvalue weighted by molar-refractivity contribution is 7.89. The van der Waals surface area contributed by atoms with E-state index in [1.807, 2.05) is 13.8 Å². The number of sulfonamides is 1. The van der Waals surface area contributed by atoms with Crippen molar-refractivity contribution >= 4 is 26.9 Å². The van der Waals surface area contributed by atoms with E-state index in [1.54, 1.807) is 24.3 Å². The zero-order valence-electron chi connectivity index (χ0n) is 22.5. The molecule has 2 heterocycles. The molecule has 12 heteroatoms. The molecular weight excluding hydrogens is 553 g/mol. The topological polar surface area (TPSA) is 131 Å². The first-order chi connectivity index (χ1) is 19.5. The fraction of sp³-hybridized carbons (Fsp3) is 0.310. The number of aromatic hydroxyl groups is 1. The van der Waals surface area contributed by atoms with E-state index in [0.717, 1.165) is 0 Å². The van der Waals surface area contributed by atoms with E-state index < -0.39 is 33.9 Å². The third kappa shape index (κ3) is 6.13. The zero-order valence-corrected chi connectivity index (χ0v) is 23.3. The van der Waals surface area contributed by atoms with Crippen LogP contribution in [0.25, 0.3) is 10.9 Å². The standard InChI is InChI=1S/C29H30FN3O7S/c1-18(2)40-23-7-9-25(10-8-23)41(37,38)32-16-20(13-21(32)17-39-24-5-3-4-22(34)14-24)33-28-12-19(30)6-11-26(28)27(31-33)15-29(35)36/h3-12,14,18,20-21,34H,13,15-17H2,1-2H3,(H,35,36)/t20-,21-/m1/s1. The van der Waals surface area contributed by atoms with Crippen LogP contribution in [-0.2, 0) is 21.2 Å². The number of phenolic OH excluding ortho intramolecular Hbond substituents is 1. The van der Waals surface area contributed by atoms with Crippen LogP contribution < -0.4 is 9.47 Å². The summed E-state index contributed by atoms with van der Waals surface area (Å²) in [6, 6.07) is 15.2. The Morgan fingerprint density at radius 1 is 1.10 bits per heavy atom. The van der Waals surface area contributed by atoms with E-state index in [2.05, 4.69) is 5.10 Å². The van der Waals surface area contributed by atoms with Crippen molar-refractivity contribution in [2.45, 2.75) is 49.8 Å². The maximum absolute atomic E-state index is 14.3. The highest BCUT2D eigenvalue weighted by atomic mass is 32.2. The molecule has 41 heavy (non-hydrogen) atoms. The number of ether oxygens (including phenoxy) is 2. The van der Waals surface area contributed by atoms with Crippen molar-refractivity contribution in [2.24, 2.45) is 0 Å². The monoisotopic (exact) mass is 583 g/mol. The van der Waals surface area contributed by atoms with Crippen molar-refractivity contribution in [3.63, 3.8) is 0 Å². The van der Waals surface area contributed by atoms with Crippen molar-refractivity contribution in [1.82, 2.24) is 14.1 Å². The lowest BCUT2D eigenvalue weighted by molar-refractivity contribution is -0.136. The van der Waals surface area contributed by atoms with Gasteiger partial charge in [-0.1, -0.05) is 6.07 Å². The first-order valence-electron chi connectivity index (χ1n) is 13.1. The first kappa shape index (κ1) is 28.4. The fourth-order valence-electron chi connectivity index (χ4n) is 5.08. The molecule has 0 amide bonds. The van der Waals surface area contributed by atoms with E-state index in [1.165, 1.54) is 51.5 Å². The number of rotatable bonds is 10. The molecule has 1 fully saturated rings. The number of hydrogen-bond acceptors (Lipinski definition) is 7. The molecule has 0 radical (unpaired) electrons. The van der Waals surface area contributed by atoms with E-state index in [0.29, 0.717) is 22.4 Å². The molecule has 0 spiro atoms. The van der Waals surface area contributed by atoms with Gasteiger partial charge in [0, 0.05) is 18.0 Å². The minimum atomic E-state index is -4.02. The van der Waals surface area contributed by atoms with Crippen molar-refractivity contribution in [2.75, 3.05) is 13.2 Å². The maximum Gasteiger partial charge on any atom is 0.309 e. The van der Waals surface area contributed by atoms with Gasteiger partial charge in [0.2, 0.25) is 10.0 Å². The average Bonchev–Trinajstić information content (AvgIpc) is 3.49. The number of aromatic nitrogens is 2. The quantitative estimate of drug-likeness (QED) is 0.281. The fourth-order valence-corrected chi connectivity index (χ4v) is 6.74. The third-order valence-electron chi connectivity index (χ3n) is 6.81. The number of carbonyl (C=O) groups is 1. The molecule has 5 rings (SSSR count). The summed E-state index contributed by atoms with van der Waals surface area (Å²) in [4.78, 5) is 11.5. The summed E-state index contributed by atoms with van der Waals surface area (Å²) < 4.78 is 56.5. The van der Waals surface area contributed by atoms with Crippen LogP contribution in [-0.4, -0.2) is 64.0 Å². The predicted molar refractivity (Wildman–Crippen MR) is 148 cm³/mol. The molecule has 0 unspecified atom stereocenters. The number of hydrogen-bond donors (Lipinski definition) is 2. The highest BCUT2D eigenvalue weighted by Crippen LogP contribution is 2.36. The Morgan fingerprint density at radius 2 is 1.85 bits per heavy atom. The van der Waals surface area contributed by atoms with Crippen LogP contribution in [0.1, 0.15) is 32.0 Å². The number of halogens is 1. The smallest absolute Gasteiger partial charge is 0.309 e. The number of aliphatic carboxylic acids is 1. The first-order valence-corrected chi connectivity index (χ1v) is 14.5. The molecule has 0 aliphatic carbocycles. The Morgan fingerprint density at radius 3 is 2.54 bits per heavy atom. The van der Waals surface area contributed by atoms with Gasteiger partial charge in [0.05, 0.1) is 40.7 Å². The van der Waals surface area contributed by atoms with Crippen molar-refractivity contribution in [3.8, 4) is 17.2 Å². The third-order valence-corrected chi connectivity index (χ3v) is 8.75. The van der Waals surface area contributed by atoms with E-state index in [4.69, 9.17) is 9.47 Å². The Hall–Kier alpha value is -4.16. The second-order valence-electron chi connectivity index (χ2n) is 10.2. The molecule has 1 aliphatic rings. The Kier molecular flexibility index (Phi) is 7.87. The second-order valence-corrected chi connectivity index (χ2v) is 12.1. The predicted octanol–water partition coefficient (Wildman–Crippen LogP) is 4.38. The number of carboxylic acid groups (broad SMARTS) is 1. The summed E-state index contributed by atoms with van der Waals surface area (Å²) in [5.74, 6) is -0.681. The number of fused-ring (bicyclic) bond motifs is 1. The van der Waals surface area contributed by atoms with Crippen LogP contribution >= 0.6 is 0 Å². The second kappa shape index (κ2) is 11.4. The Labute approximate surface area is 236 Å². The van der Waals surface area contributed by atoms with Crippen molar-refractivity contribution in [1.29, 1.82) is 0 Å². The van der Waals surface area contributed by atoms with E-state index >= 15 is 0 Å². The van der Waals surface area contributed by atoms with Gasteiger partial charge in [0.1, 0.15) is 29.7 Å². The molecule has 0 saturated carbocycles. The summed E-state index contributed by atoms with van der Waals surface area (Å²) in [6.07, 6.45) is -0.166. The molecule has 1 aliphatic heterocycles. The maximum atomic E-state index is 14.3. The van der Waals surface area contributed by atoms with Gasteiger partial charge >= 0.3 is 5.97 Å². The normalized spacial score (nSPS) is 17.8. The molecule has 1 saturated heterocycles. The van der Waals surface area contributed by atoms with Gasteiger partial charge in [-0.05, 0) is 74.9 Å². The highest BCUT2D eigenvalue weighted by Gasteiger charge is 2.42. The zero-order chi connectivity index (χ0) is 29.3. The SMILES string of the molecule is CC(C)Oc1ccc(S(=O)(=O)N2C[C@H](n3nc(CC(=O)O)c4ccc(F)cc43)C[C@@H]2COc2cccc(O)c2)cc1. The van der Waals surface area contributed by atoms with Crippen LogP contribution in [0.3, 0.4) is 0 Å². The van der Waals surface area contributed by atoms with Crippen LogP contribution in [0, 0.1) is 5.82 Å². The lowest BCUT2D eigenvalue weighted by Crippen LogP contribution is -2.39. The molecule has 4 aromatic rings. The van der Waals surface area contributed by atoms with Gasteiger partial charge < -0.3 is 19.7 Å². The number of phenols is 1. The van der Waals surface area contributed by atoms with Crippen LogP contribution in [0.4, 0.5) is 4.39 Å². The van der Waals surface area contributed by atoms with Crippen molar-refractivity contribution in [3.05, 3.63) is 78.2 Å². The van der Waals surface area contributed by atoms with Gasteiger partial charge in [-0.25, -0.2) is 12.8 Å². The molecule has 216 valence electrons. The molecular formula is C29H30FN3O7S. The molecule has 1 aromatic heterocycles. The molecule has 0 bridgehead atoms. The molecule has 2 atom stereocenters. The summed E-state index contributed by atoms with van der Waals surface area (Å²) in [5.41, 5.74) is 0.649. The van der Waals surface area contributed by atoms with Crippen LogP contribution in [0.5, 0.6) is 17.2 Å². The molecule has 3 aromatic carbocycles. The summed E-state index contributed by atoms with van der Waals surface area (Å²) in [5, 5.41) is 24.2. The number of benzene rings is 3. The van der Waals surface area contributed by atoms with E-state index in [-0.39, 0.29) is 48.4 Å². The van der Waals surface area contributed by atoms with Gasteiger partial charge in [-0.2, -0.15) is 9.40 Å². The van der Waals surface area contributed by atoms with Gasteiger partial charge in [0.25, 0.3) is 0 Å². The Bertz CT molecular complexity index is 1670.